The van der Waals surface area contributed by atoms with Gasteiger partial charge < -0.3 is 5.21 Å². The van der Waals surface area contributed by atoms with E-state index in [0.29, 0.717) is 16.7 Å². The second-order valence-electron chi connectivity index (χ2n) is 4.77. The Morgan fingerprint density at radius 2 is 1.80 bits per heavy atom. The summed E-state index contributed by atoms with van der Waals surface area (Å²) in [6.07, 6.45) is -3.60. The monoisotopic (exact) mass is 369 g/mol. The number of hydrazone groups is 1. The van der Waals surface area contributed by atoms with Crippen LogP contribution in [0.25, 0.3) is 0 Å². The van der Waals surface area contributed by atoms with Crippen LogP contribution in [0.4, 0.5) is 13.2 Å². The minimum absolute atomic E-state index is 0.0605. The van der Waals surface area contributed by atoms with E-state index >= 15 is 0 Å². The second kappa shape index (κ2) is 7.80. The summed E-state index contributed by atoms with van der Waals surface area (Å²) < 4.78 is 38.1. The molecule has 0 fully saturated rings. The molecule has 0 saturated carbocycles. The Kier molecular flexibility index (Phi) is 5.76. The molecule has 0 bridgehead atoms. The number of oxime groups is 1. The topological polar surface area (TPSA) is 74.0 Å². The highest BCUT2D eigenvalue weighted by atomic mass is 35.5. The molecule has 5 nitrogen and oxygen atoms in total. The average molecular weight is 370 g/mol. The molecule has 25 heavy (non-hydrogen) atoms. The van der Waals surface area contributed by atoms with Crippen LogP contribution in [0.1, 0.15) is 21.5 Å². The third kappa shape index (κ3) is 5.05. The number of hydrogen-bond donors (Lipinski definition) is 2. The first-order valence-electron chi connectivity index (χ1n) is 6.80. The van der Waals surface area contributed by atoms with Crippen molar-refractivity contribution in [2.75, 3.05) is 0 Å². The van der Waals surface area contributed by atoms with Gasteiger partial charge >= 0.3 is 6.18 Å². The van der Waals surface area contributed by atoms with Crippen LogP contribution >= 0.6 is 11.6 Å². The molecular weight excluding hydrogens is 359 g/mol. The van der Waals surface area contributed by atoms with Gasteiger partial charge in [-0.25, -0.2) is 5.43 Å². The van der Waals surface area contributed by atoms with Gasteiger partial charge in [-0.15, -0.1) is 0 Å². The highest BCUT2D eigenvalue weighted by Gasteiger charge is 2.30. The van der Waals surface area contributed by atoms with E-state index in [9.17, 15) is 18.0 Å². The highest BCUT2D eigenvalue weighted by Crippen LogP contribution is 2.29. The number of nitrogens with zero attached hydrogens (tertiary/aromatic N) is 2. The van der Waals surface area contributed by atoms with Gasteiger partial charge in [-0.1, -0.05) is 35.0 Å². The molecule has 0 spiro atoms. The van der Waals surface area contributed by atoms with Crippen molar-refractivity contribution < 1.29 is 23.2 Å². The number of alkyl halides is 3. The normalized spacial score (nSPS) is 12.4. The Bertz CT molecular complexity index is 835. The molecule has 0 radical (unpaired) electrons. The van der Waals surface area contributed by atoms with Gasteiger partial charge in [0.25, 0.3) is 5.91 Å². The molecular formula is C16H11ClF3N3O2. The maximum Gasteiger partial charge on any atom is 0.416 e. The number of carbonyl (C=O) groups excluding carboxylic acids is 1. The molecule has 0 atom stereocenters. The summed E-state index contributed by atoms with van der Waals surface area (Å²) in [5.41, 5.74) is 1.45. The number of halogens is 4. The predicted molar refractivity (Wildman–Crippen MR) is 87.2 cm³/mol. The Labute approximate surface area is 145 Å². The van der Waals surface area contributed by atoms with Crippen molar-refractivity contribution in [1.29, 1.82) is 0 Å². The third-order valence-corrected chi connectivity index (χ3v) is 3.27. The highest BCUT2D eigenvalue weighted by molar-refractivity contribution is 6.39. The van der Waals surface area contributed by atoms with E-state index in [2.05, 4.69) is 15.7 Å². The lowest BCUT2D eigenvalue weighted by molar-refractivity contribution is -0.137. The van der Waals surface area contributed by atoms with E-state index < -0.39 is 17.6 Å². The lowest BCUT2D eigenvalue weighted by Crippen LogP contribution is -2.21. The van der Waals surface area contributed by atoms with Crippen LogP contribution in [0.2, 0.25) is 5.02 Å². The third-order valence-electron chi connectivity index (χ3n) is 3.03. The van der Waals surface area contributed by atoms with Gasteiger partial charge in [0.05, 0.1) is 11.8 Å². The van der Waals surface area contributed by atoms with Crippen molar-refractivity contribution in [2.45, 2.75) is 6.18 Å². The van der Waals surface area contributed by atoms with Crippen LogP contribution in [-0.4, -0.2) is 23.0 Å². The molecule has 0 saturated heterocycles. The molecule has 2 N–H and O–H groups in total. The van der Waals surface area contributed by atoms with Gasteiger partial charge in [0, 0.05) is 16.1 Å². The average Bonchev–Trinajstić information content (AvgIpc) is 2.57. The number of hydrogen-bond acceptors (Lipinski definition) is 4. The van der Waals surface area contributed by atoms with Crippen molar-refractivity contribution in [1.82, 2.24) is 5.43 Å². The quantitative estimate of drug-likeness (QED) is 0.486. The summed E-state index contributed by atoms with van der Waals surface area (Å²) >= 11 is 5.85. The van der Waals surface area contributed by atoms with E-state index in [1.807, 2.05) is 0 Å². The fourth-order valence-electron chi connectivity index (χ4n) is 1.88. The van der Waals surface area contributed by atoms with Crippen molar-refractivity contribution in [3.63, 3.8) is 0 Å². The second-order valence-corrected chi connectivity index (χ2v) is 5.21. The number of amides is 1. The van der Waals surface area contributed by atoms with Gasteiger partial charge in [0.2, 0.25) is 0 Å². The van der Waals surface area contributed by atoms with Crippen LogP contribution in [0.5, 0.6) is 0 Å². The fraction of sp³-hybridized carbons (Fsp3) is 0.0625. The summed E-state index contributed by atoms with van der Waals surface area (Å²) in [4.78, 5) is 12.0. The fourth-order valence-corrected chi connectivity index (χ4v) is 2.07. The summed E-state index contributed by atoms with van der Waals surface area (Å²) in [6.45, 7) is 0. The molecule has 0 aliphatic heterocycles. The molecule has 2 aromatic rings. The van der Waals surface area contributed by atoms with Crippen LogP contribution < -0.4 is 5.43 Å². The maximum atomic E-state index is 12.7. The molecule has 0 heterocycles. The summed E-state index contributed by atoms with van der Waals surface area (Å²) in [5.74, 6) is -0.850. The minimum atomic E-state index is -4.56. The van der Waals surface area contributed by atoms with Crippen LogP contribution in [0.15, 0.2) is 58.8 Å². The maximum absolute atomic E-state index is 12.7. The van der Waals surface area contributed by atoms with Crippen molar-refractivity contribution in [2.24, 2.45) is 10.3 Å². The first-order chi connectivity index (χ1) is 11.8. The molecule has 0 aliphatic rings. The predicted octanol–water partition coefficient (Wildman–Crippen LogP) is 3.95. The number of carbonyl (C=O) groups is 1. The standard InChI is InChI=1S/C16H11ClF3N3O2/c17-13-6-2-3-10(8-13)14(9-21-25)22-23-15(24)11-4-1-5-12(7-11)16(18,19)20/h1-9,25H,(H,23,24)/b21-9+,22-14+. The smallest absolute Gasteiger partial charge is 0.411 e. The Morgan fingerprint density at radius 3 is 2.44 bits per heavy atom. The van der Waals surface area contributed by atoms with E-state index in [0.717, 1.165) is 18.3 Å². The molecule has 130 valence electrons. The molecule has 0 aromatic heterocycles. The number of rotatable bonds is 4. The Balaban J connectivity index is 2.25. The van der Waals surface area contributed by atoms with Crippen molar-refractivity contribution in [3.05, 3.63) is 70.2 Å². The van der Waals surface area contributed by atoms with Crippen LogP contribution in [0, 0.1) is 0 Å². The van der Waals surface area contributed by atoms with E-state index in [1.165, 1.54) is 12.1 Å². The zero-order valence-electron chi connectivity index (χ0n) is 12.5. The van der Waals surface area contributed by atoms with Gasteiger partial charge in [0.15, 0.2) is 0 Å². The zero-order valence-corrected chi connectivity index (χ0v) is 13.2. The molecule has 0 unspecified atom stereocenters. The SMILES string of the molecule is O=C(N/N=C(\C=N\O)c1cccc(Cl)c1)c1cccc(C(F)(F)F)c1. The lowest BCUT2D eigenvalue weighted by Gasteiger charge is -2.08. The Hall–Kier alpha value is -2.87. The van der Waals surface area contributed by atoms with Gasteiger partial charge in [-0.2, -0.15) is 18.3 Å². The van der Waals surface area contributed by atoms with E-state index in [-0.39, 0.29) is 11.3 Å². The van der Waals surface area contributed by atoms with Crippen LogP contribution in [-0.2, 0) is 6.18 Å². The van der Waals surface area contributed by atoms with Crippen molar-refractivity contribution in [3.8, 4) is 0 Å². The molecule has 2 aromatic carbocycles. The van der Waals surface area contributed by atoms with Gasteiger partial charge in [0.1, 0.15) is 5.71 Å². The van der Waals surface area contributed by atoms with Gasteiger partial charge in [-0.05, 0) is 30.3 Å². The van der Waals surface area contributed by atoms with Crippen LogP contribution in [0.3, 0.4) is 0 Å². The zero-order chi connectivity index (χ0) is 18.4. The molecule has 1 amide bonds. The number of nitrogens with one attached hydrogen (secondary N) is 1. The number of benzene rings is 2. The molecule has 0 aliphatic carbocycles. The minimum Gasteiger partial charge on any atom is -0.411 e. The van der Waals surface area contributed by atoms with E-state index in [1.54, 1.807) is 18.2 Å². The van der Waals surface area contributed by atoms with E-state index in [4.69, 9.17) is 16.8 Å². The first kappa shape index (κ1) is 18.5. The Morgan fingerprint density at radius 1 is 1.12 bits per heavy atom. The summed E-state index contributed by atoms with van der Waals surface area (Å²) in [6, 6.07) is 10.3. The molecule has 2 rings (SSSR count). The van der Waals surface area contributed by atoms with Gasteiger partial charge in [-0.3, -0.25) is 4.79 Å². The summed E-state index contributed by atoms with van der Waals surface area (Å²) in [5, 5.41) is 15.7. The summed E-state index contributed by atoms with van der Waals surface area (Å²) in [7, 11) is 0. The molecule has 9 heteroatoms. The van der Waals surface area contributed by atoms with Crippen molar-refractivity contribution >= 4 is 29.4 Å². The first-order valence-corrected chi connectivity index (χ1v) is 7.17. The lowest BCUT2D eigenvalue weighted by atomic mass is 10.1. The largest absolute Gasteiger partial charge is 0.416 e.